The molecular weight excluding hydrogens is 627 g/mol. The van der Waals surface area contributed by atoms with Gasteiger partial charge in [-0.1, -0.05) is 38.1 Å². The molecule has 10 nitrogen and oxygen atoms in total. The van der Waals surface area contributed by atoms with Gasteiger partial charge in [0.2, 0.25) is 11.8 Å². The average molecular weight is 676 g/mol. The number of benzene rings is 2. The van der Waals surface area contributed by atoms with Gasteiger partial charge in [-0.15, -0.1) is 0 Å². The molecule has 2 atom stereocenters. The molecule has 1 aliphatic carbocycles. The number of fused-ring (bicyclic) bond motifs is 4. The molecule has 2 aliphatic heterocycles. The van der Waals surface area contributed by atoms with E-state index in [0.29, 0.717) is 23.2 Å². The van der Waals surface area contributed by atoms with Crippen molar-refractivity contribution in [1.82, 2.24) is 19.8 Å². The van der Waals surface area contributed by atoms with Crippen molar-refractivity contribution in [2.24, 2.45) is 11.3 Å². The van der Waals surface area contributed by atoms with Crippen LogP contribution in [0.2, 0.25) is 0 Å². The summed E-state index contributed by atoms with van der Waals surface area (Å²) in [6.07, 6.45) is 4.77. The summed E-state index contributed by atoms with van der Waals surface area (Å²) in [7, 11) is -2.37. The van der Waals surface area contributed by atoms with E-state index in [4.69, 9.17) is 9.47 Å². The molecule has 3 aliphatic rings. The van der Waals surface area contributed by atoms with Gasteiger partial charge in [-0.25, -0.2) is 18.1 Å². The minimum Gasteiger partial charge on any atom is -0.475 e. The van der Waals surface area contributed by atoms with Gasteiger partial charge in [-0.3, -0.25) is 9.69 Å². The topological polar surface area (TPSA) is 114 Å². The molecule has 4 bridgehead atoms. The van der Waals surface area contributed by atoms with Crippen molar-refractivity contribution in [3.63, 3.8) is 0 Å². The van der Waals surface area contributed by atoms with Crippen molar-refractivity contribution >= 4 is 21.9 Å². The predicted molar refractivity (Wildman–Crippen MR) is 187 cm³/mol. The Kier molecular flexibility index (Phi) is 9.84. The van der Waals surface area contributed by atoms with Crippen LogP contribution in [0.25, 0.3) is 11.3 Å². The highest BCUT2D eigenvalue weighted by molar-refractivity contribution is 7.92. The van der Waals surface area contributed by atoms with Crippen LogP contribution in [0.15, 0.2) is 53.4 Å². The first-order valence-electron chi connectivity index (χ1n) is 17.1. The molecule has 1 spiro atoms. The van der Waals surface area contributed by atoms with Gasteiger partial charge >= 0.3 is 0 Å². The highest BCUT2D eigenvalue weighted by Gasteiger charge is 2.50. The highest BCUT2D eigenvalue weighted by Crippen LogP contribution is 2.52. The van der Waals surface area contributed by atoms with Crippen LogP contribution >= 0.6 is 0 Å². The second kappa shape index (κ2) is 13.8. The fourth-order valence-electron chi connectivity index (χ4n) is 7.96. The standard InChI is InChI=1S/C37H49N5O5S/c1-24(2)17-29-23-47-33-19-32(34-25(3)9-7-10-26(34)4)38-36(39-33)40-48(44,45)31-12-8-11-28(18-31)35(43)42(29)30-20-37(21-30)13-15-41(16-14-37)27(5)22-46-6/h7-12,18-19,24,27,29-30H,13-17,20-23H2,1-6H3,(H,38,39,40)/t27?,29-/m1/s1. The van der Waals surface area contributed by atoms with Gasteiger partial charge in [0.05, 0.1) is 23.2 Å². The zero-order valence-corrected chi connectivity index (χ0v) is 29.8. The third-order valence-corrected chi connectivity index (χ3v) is 11.8. The number of carbonyl (C=O) groups excluding carboxylic acids is 1. The fourth-order valence-corrected chi connectivity index (χ4v) is 8.95. The zero-order chi connectivity index (χ0) is 34.2. The first kappa shape index (κ1) is 34.3. The van der Waals surface area contributed by atoms with Gasteiger partial charge in [0, 0.05) is 36.4 Å². The zero-order valence-electron chi connectivity index (χ0n) is 29.0. The molecule has 11 heteroatoms. The normalized spacial score (nSPS) is 21.8. The summed E-state index contributed by atoms with van der Waals surface area (Å²) in [4.78, 5) is 28.2. The summed E-state index contributed by atoms with van der Waals surface area (Å²) >= 11 is 0. The minimum atomic E-state index is -4.12. The summed E-state index contributed by atoms with van der Waals surface area (Å²) in [5.41, 5.74) is 4.03. The van der Waals surface area contributed by atoms with Crippen molar-refractivity contribution in [2.75, 3.05) is 38.1 Å². The molecule has 1 unspecified atom stereocenters. The first-order valence-corrected chi connectivity index (χ1v) is 18.6. The molecule has 0 radical (unpaired) electrons. The van der Waals surface area contributed by atoms with Crippen molar-refractivity contribution in [1.29, 1.82) is 0 Å². The number of aryl methyl sites for hydroxylation is 2. The van der Waals surface area contributed by atoms with E-state index in [1.807, 2.05) is 36.9 Å². The Bertz CT molecular complexity index is 1730. The minimum absolute atomic E-state index is 0.0147. The molecule has 3 heterocycles. The molecule has 2 aromatic carbocycles. The summed E-state index contributed by atoms with van der Waals surface area (Å²) < 4.78 is 41.8. The molecule has 1 aromatic heterocycles. The molecule has 1 amide bonds. The number of ether oxygens (including phenoxy) is 2. The number of sulfonamides is 1. The van der Waals surface area contributed by atoms with E-state index >= 15 is 0 Å². The number of carbonyl (C=O) groups is 1. The lowest BCUT2D eigenvalue weighted by Crippen LogP contribution is -2.60. The van der Waals surface area contributed by atoms with E-state index in [2.05, 4.69) is 40.4 Å². The van der Waals surface area contributed by atoms with Gasteiger partial charge in [0.15, 0.2) is 0 Å². The van der Waals surface area contributed by atoms with Crippen LogP contribution < -0.4 is 9.46 Å². The highest BCUT2D eigenvalue weighted by atomic mass is 32.2. The lowest BCUT2D eigenvalue weighted by molar-refractivity contribution is -0.0608. The predicted octanol–water partition coefficient (Wildman–Crippen LogP) is 6.09. The van der Waals surface area contributed by atoms with E-state index in [9.17, 15) is 13.2 Å². The van der Waals surface area contributed by atoms with Gasteiger partial charge in [0.25, 0.3) is 15.9 Å². The van der Waals surface area contributed by atoms with Crippen LogP contribution in [0.3, 0.4) is 0 Å². The smallest absolute Gasteiger partial charge is 0.264 e. The molecule has 1 saturated heterocycles. The maximum absolute atomic E-state index is 14.5. The molecule has 48 heavy (non-hydrogen) atoms. The van der Waals surface area contributed by atoms with Crippen molar-refractivity contribution < 1.29 is 22.7 Å². The summed E-state index contributed by atoms with van der Waals surface area (Å²) in [6, 6.07) is 14.2. The average Bonchev–Trinajstić information content (AvgIpc) is 3.02. The Morgan fingerprint density at radius 2 is 1.71 bits per heavy atom. The van der Waals surface area contributed by atoms with E-state index in [-0.39, 0.29) is 46.7 Å². The number of aromatic nitrogens is 2. The number of likely N-dealkylation sites (tertiary alicyclic amines) is 1. The number of amides is 1. The van der Waals surface area contributed by atoms with Gasteiger partial charge < -0.3 is 14.4 Å². The van der Waals surface area contributed by atoms with Crippen LogP contribution in [0.1, 0.15) is 74.4 Å². The second-order valence-electron chi connectivity index (χ2n) is 14.5. The number of methoxy groups -OCH3 is 1. The Labute approximate surface area is 285 Å². The Morgan fingerprint density at radius 3 is 2.38 bits per heavy atom. The fraction of sp³-hybridized carbons (Fsp3) is 0.541. The monoisotopic (exact) mass is 675 g/mol. The maximum atomic E-state index is 14.5. The molecule has 258 valence electrons. The van der Waals surface area contributed by atoms with E-state index in [1.165, 1.54) is 12.1 Å². The van der Waals surface area contributed by atoms with Crippen LogP contribution in [0.4, 0.5) is 5.95 Å². The maximum Gasteiger partial charge on any atom is 0.264 e. The van der Waals surface area contributed by atoms with Crippen LogP contribution in [0.5, 0.6) is 5.88 Å². The lowest BCUT2D eigenvalue weighted by Gasteiger charge is -2.57. The lowest BCUT2D eigenvalue weighted by atomic mass is 9.59. The van der Waals surface area contributed by atoms with Crippen LogP contribution in [0, 0.1) is 25.2 Å². The van der Waals surface area contributed by atoms with Crippen molar-refractivity contribution in [3.05, 3.63) is 65.2 Å². The number of nitrogens with one attached hydrogen (secondary N) is 1. The van der Waals surface area contributed by atoms with E-state index in [0.717, 1.165) is 68.5 Å². The van der Waals surface area contributed by atoms with Crippen LogP contribution in [-0.2, 0) is 14.8 Å². The largest absolute Gasteiger partial charge is 0.475 e. The number of piperidine rings is 1. The number of anilines is 1. The number of hydrogen-bond donors (Lipinski definition) is 1. The Hall–Kier alpha value is -3.54. The summed E-state index contributed by atoms with van der Waals surface area (Å²) in [6.45, 7) is 13.5. The number of nitrogens with zero attached hydrogens (tertiary/aromatic N) is 4. The Morgan fingerprint density at radius 1 is 1.02 bits per heavy atom. The number of hydrogen-bond acceptors (Lipinski definition) is 8. The quantitative estimate of drug-likeness (QED) is 0.320. The first-order chi connectivity index (χ1) is 22.9. The molecule has 3 aromatic rings. The third-order valence-electron chi connectivity index (χ3n) is 10.5. The van der Waals surface area contributed by atoms with Crippen molar-refractivity contribution in [2.45, 2.75) is 89.7 Å². The van der Waals surface area contributed by atoms with Gasteiger partial charge in [-0.2, -0.15) is 4.98 Å². The molecular formula is C37H49N5O5S. The van der Waals surface area contributed by atoms with E-state index in [1.54, 1.807) is 25.3 Å². The third kappa shape index (κ3) is 7.09. The molecule has 6 rings (SSSR count). The van der Waals surface area contributed by atoms with Crippen molar-refractivity contribution in [3.8, 4) is 17.1 Å². The van der Waals surface area contributed by atoms with Gasteiger partial charge in [-0.05, 0) is 107 Å². The summed E-state index contributed by atoms with van der Waals surface area (Å²) in [5.74, 6) is 0.310. The SMILES string of the molecule is COCC(C)N1CCC2(CC1)CC(N1C(=O)c3cccc(c3)S(=O)(=O)Nc3nc(cc(-c4c(C)cccc4C)n3)OC[C@H]1CC(C)C)C2. The number of rotatable bonds is 7. The molecule has 1 N–H and O–H groups in total. The van der Waals surface area contributed by atoms with Gasteiger partial charge in [0.1, 0.15) is 6.61 Å². The Balaban J connectivity index is 1.37. The molecule has 1 saturated carbocycles. The summed E-state index contributed by atoms with van der Waals surface area (Å²) in [5, 5.41) is 0. The van der Waals surface area contributed by atoms with Crippen LogP contribution in [-0.4, -0.2) is 85.6 Å². The second-order valence-corrected chi connectivity index (χ2v) is 16.2. The van der Waals surface area contributed by atoms with E-state index < -0.39 is 10.0 Å². The molecule has 2 fully saturated rings.